The standard InChI is InChI=1S/C19H22FNO4/c1-3-24-19(23)11-10-18(22)21(13-17-9-4-14(2)25-17)12-15-5-7-16(20)8-6-15/h4-9H,3,10-13H2,1-2H3. The van der Waals surface area contributed by atoms with Crippen LogP contribution in [-0.2, 0) is 27.4 Å². The average Bonchev–Trinajstić information content (AvgIpc) is 2.99. The molecular weight excluding hydrogens is 325 g/mol. The second-order valence-electron chi connectivity index (χ2n) is 5.69. The van der Waals surface area contributed by atoms with E-state index in [-0.39, 0.29) is 37.7 Å². The van der Waals surface area contributed by atoms with Crippen molar-refractivity contribution in [2.75, 3.05) is 6.61 Å². The Morgan fingerprint density at radius 2 is 1.80 bits per heavy atom. The molecule has 2 aromatic rings. The number of aryl methyl sites for hydroxylation is 1. The van der Waals surface area contributed by atoms with E-state index in [2.05, 4.69) is 0 Å². The summed E-state index contributed by atoms with van der Waals surface area (Å²) in [5, 5.41) is 0. The highest BCUT2D eigenvalue weighted by Crippen LogP contribution is 2.15. The van der Waals surface area contributed by atoms with E-state index in [4.69, 9.17) is 9.15 Å². The van der Waals surface area contributed by atoms with Crippen LogP contribution < -0.4 is 0 Å². The molecule has 0 bridgehead atoms. The Morgan fingerprint density at radius 1 is 1.08 bits per heavy atom. The summed E-state index contributed by atoms with van der Waals surface area (Å²) in [6.45, 7) is 4.43. The van der Waals surface area contributed by atoms with Crippen LogP contribution in [0.1, 0.15) is 36.8 Å². The molecule has 0 aliphatic carbocycles. The molecule has 0 saturated carbocycles. The van der Waals surface area contributed by atoms with Crippen LogP contribution in [0.4, 0.5) is 4.39 Å². The van der Waals surface area contributed by atoms with Gasteiger partial charge in [-0.1, -0.05) is 12.1 Å². The third-order valence-corrected chi connectivity index (χ3v) is 3.63. The molecule has 1 heterocycles. The number of hydrogen-bond acceptors (Lipinski definition) is 4. The molecule has 134 valence electrons. The summed E-state index contributed by atoms with van der Waals surface area (Å²) in [5.41, 5.74) is 0.800. The third kappa shape index (κ3) is 6.06. The highest BCUT2D eigenvalue weighted by atomic mass is 19.1. The van der Waals surface area contributed by atoms with Crippen molar-refractivity contribution in [1.82, 2.24) is 4.90 Å². The van der Waals surface area contributed by atoms with Crippen LogP contribution in [0.3, 0.4) is 0 Å². The van der Waals surface area contributed by atoms with Crippen LogP contribution in [0.15, 0.2) is 40.8 Å². The molecule has 1 aromatic heterocycles. The number of carbonyl (C=O) groups is 2. The van der Waals surface area contributed by atoms with Gasteiger partial charge in [0.1, 0.15) is 17.3 Å². The van der Waals surface area contributed by atoms with Gasteiger partial charge in [-0.25, -0.2) is 4.39 Å². The number of rotatable bonds is 8. The quantitative estimate of drug-likeness (QED) is 0.685. The largest absolute Gasteiger partial charge is 0.466 e. The number of ether oxygens (including phenoxy) is 1. The molecule has 1 amide bonds. The molecule has 1 aromatic carbocycles. The first-order valence-electron chi connectivity index (χ1n) is 8.21. The molecule has 0 aliphatic rings. The highest BCUT2D eigenvalue weighted by molar-refractivity contribution is 5.81. The minimum absolute atomic E-state index is 0.0315. The van der Waals surface area contributed by atoms with Gasteiger partial charge in [0, 0.05) is 13.0 Å². The van der Waals surface area contributed by atoms with Gasteiger partial charge < -0.3 is 14.1 Å². The lowest BCUT2D eigenvalue weighted by atomic mass is 10.2. The van der Waals surface area contributed by atoms with Crippen LogP contribution in [0.5, 0.6) is 0 Å². The Hall–Kier alpha value is -2.63. The van der Waals surface area contributed by atoms with E-state index < -0.39 is 5.97 Å². The van der Waals surface area contributed by atoms with Crippen LogP contribution in [0.2, 0.25) is 0 Å². The smallest absolute Gasteiger partial charge is 0.306 e. The Morgan fingerprint density at radius 3 is 2.40 bits per heavy atom. The van der Waals surface area contributed by atoms with E-state index >= 15 is 0 Å². The van der Waals surface area contributed by atoms with Crippen LogP contribution in [-0.4, -0.2) is 23.4 Å². The van der Waals surface area contributed by atoms with Crippen molar-refractivity contribution in [2.24, 2.45) is 0 Å². The average molecular weight is 347 g/mol. The Kier molecular flexibility index (Phi) is 6.74. The molecule has 0 saturated heterocycles. The molecule has 0 atom stereocenters. The molecule has 0 spiro atoms. The second-order valence-corrected chi connectivity index (χ2v) is 5.69. The first kappa shape index (κ1) is 18.7. The van der Waals surface area contributed by atoms with Gasteiger partial charge in [-0.15, -0.1) is 0 Å². The summed E-state index contributed by atoms with van der Waals surface area (Å²) in [7, 11) is 0. The number of benzene rings is 1. The lowest BCUT2D eigenvalue weighted by Crippen LogP contribution is -2.30. The maximum absolute atomic E-state index is 13.1. The lowest BCUT2D eigenvalue weighted by molar-refractivity contribution is -0.146. The lowest BCUT2D eigenvalue weighted by Gasteiger charge is -2.22. The first-order chi connectivity index (χ1) is 12.0. The van der Waals surface area contributed by atoms with Crippen molar-refractivity contribution in [3.05, 3.63) is 59.3 Å². The van der Waals surface area contributed by atoms with E-state index in [9.17, 15) is 14.0 Å². The van der Waals surface area contributed by atoms with Crippen molar-refractivity contribution >= 4 is 11.9 Å². The van der Waals surface area contributed by atoms with Crippen LogP contribution in [0, 0.1) is 12.7 Å². The molecule has 0 N–H and O–H groups in total. The van der Waals surface area contributed by atoms with Gasteiger partial charge in [0.25, 0.3) is 0 Å². The van der Waals surface area contributed by atoms with Crippen molar-refractivity contribution in [1.29, 1.82) is 0 Å². The highest BCUT2D eigenvalue weighted by Gasteiger charge is 2.18. The normalized spacial score (nSPS) is 10.5. The van der Waals surface area contributed by atoms with Gasteiger partial charge >= 0.3 is 5.97 Å². The number of nitrogens with zero attached hydrogens (tertiary/aromatic N) is 1. The molecule has 6 heteroatoms. The minimum atomic E-state index is -0.397. The predicted octanol–water partition coefficient (Wildman–Crippen LogP) is 3.60. The molecule has 2 rings (SSSR count). The zero-order valence-corrected chi connectivity index (χ0v) is 14.5. The van der Waals surface area contributed by atoms with Crippen molar-refractivity contribution in [3.63, 3.8) is 0 Å². The number of halogens is 1. The summed E-state index contributed by atoms with van der Waals surface area (Å²) in [6.07, 6.45) is 0.0868. The van der Waals surface area contributed by atoms with Crippen molar-refractivity contribution in [3.8, 4) is 0 Å². The monoisotopic (exact) mass is 347 g/mol. The number of carbonyl (C=O) groups excluding carboxylic acids is 2. The SMILES string of the molecule is CCOC(=O)CCC(=O)N(Cc1ccc(F)cc1)Cc1ccc(C)o1. The van der Waals surface area contributed by atoms with Crippen molar-refractivity contribution in [2.45, 2.75) is 39.8 Å². The maximum Gasteiger partial charge on any atom is 0.306 e. The summed E-state index contributed by atoms with van der Waals surface area (Å²) < 4.78 is 23.5. The fraction of sp³-hybridized carbons (Fsp3) is 0.368. The predicted molar refractivity (Wildman–Crippen MR) is 90.0 cm³/mol. The molecule has 0 radical (unpaired) electrons. The fourth-order valence-electron chi connectivity index (χ4n) is 2.40. The number of furan rings is 1. The van der Waals surface area contributed by atoms with E-state index in [0.29, 0.717) is 12.3 Å². The third-order valence-electron chi connectivity index (χ3n) is 3.63. The Balaban J connectivity index is 2.06. The minimum Gasteiger partial charge on any atom is -0.466 e. The molecule has 25 heavy (non-hydrogen) atoms. The zero-order valence-electron chi connectivity index (χ0n) is 14.5. The maximum atomic E-state index is 13.1. The van der Waals surface area contributed by atoms with Gasteiger partial charge in [-0.2, -0.15) is 0 Å². The second kappa shape index (κ2) is 9.01. The van der Waals surface area contributed by atoms with Crippen LogP contribution in [0.25, 0.3) is 0 Å². The number of esters is 1. The first-order valence-corrected chi connectivity index (χ1v) is 8.21. The van der Waals surface area contributed by atoms with Crippen LogP contribution >= 0.6 is 0 Å². The summed E-state index contributed by atoms with van der Waals surface area (Å²) >= 11 is 0. The molecule has 5 nitrogen and oxygen atoms in total. The Labute approximate surface area is 146 Å². The van der Waals surface area contributed by atoms with E-state index in [1.807, 2.05) is 19.1 Å². The van der Waals surface area contributed by atoms with Gasteiger partial charge in [0.15, 0.2) is 0 Å². The van der Waals surface area contributed by atoms with Crippen molar-refractivity contribution < 1.29 is 23.1 Å². The topological polar surface area (TPSA) is 59.8 Å². The zero-order chi connectivity index (χ0) is 18.2. The summed E-state index contributed by atoms with van der Waals surface area (Å²) in [4.78, 5) is 25.6. The Bertz CT molecular complexity index is 708. The van der Waals surface area contributed by atoms with Gasteiger partial charge in [0.2, 0.25) is 5.91 Å². The van der Waals surface area contributed by atoms with Gasteiger partial charge in [-0.05, 0) is 43.7 Å². The fourth-order valence-corrected chi connectivity index (χ4v) is 2.40. The van der Waals surface area contributed by atoms with E-state index in [0.717, 1.165) is 11.3 Å². The van der Waals surface area contributed by atoms with E-state index in [1.54, 1.807) is 24.0 Å². The number of amides is 1. The molecule has 0 fully saturated rings. The van der Waals surface area contributed by atoms with Gasteiger partial charge in [-0.3, -0.25) is 9.59 Å². The summed E-state index contributed by atoms with van der Waals surface area (Å²) in [5.74, 6) is 0.503. The summed E-state index contributed by atoms with van der Waals surface area (Å²) in [6, 6.07) is 9.62. The number of hydrogen-bond donors (Lipinski definition) is 0. The van der Waals surface area contributed by atoms with Gasteiger partial charge in [0.05, 0.1) is 19.6 Å². The molecule has 0 unspecified atom stereocenters. The van der Waals surface area contributed by atoms with E-state index in [1.165, 1.54) is 12.1 Å². The molecular formula is C19H22FNO4. The molecule has 0 aliphatic heterocycles.